The van der Waals surface area contributed by atoms with Crippen LogP contribution in [-0.2, 0) is 20.9 Å². The molecule has 1 saturated heterocycles. The summed E-state index contributed by atoms with van der Waals surface area (Å²) in [6.45, 7) is 16.0. The molecule has 48 heavy (non-hydrogen) atoms. The van der Waals surface area contributed by atoms with Crippen molar-refractivity contribution >= 4 is 17.6 Å². The molecule has 3 aromatic rings. The number of carbonyl (C=O) groups is 2. The van der Waals surface area contributed by atoms with Gasteiger partial charge in [0.1, 0.15) is 0 Å². The normalized spacial score (nSPS) is 20.3. The summed E-state index contributed by atoms with van der Waals surface area (Å²) in [7, 11) is 0. The number of anilines is 1. The summed E-state index contributed by atoms with van der Waals surface area (Å²) < 4.78 is 5.09. The molecule has 0 radical (unpaired) electrons. The lowest BCUT2D eigenvalue weighted by Gasteiger charge is -2.29. The maximum atomic E-state index is 13.4. The molecular formula is C42H59N3O3. The quantitative estimate of drug-likeness (QED) is 0.0469. The summed E-state index contributed by atoms with van der Waals surface area (Å²) in [5, 5.41) is 1.38. The van der Waals surface area contributed by atoms with Gasteiger partial charge in [0.2, 0.25) is 0 Å². The smallest absolute Gasteiger partial charge is 0.312 e. The number of carbonyl (C=O) groups excluding carboxylic acids is 2. The maximum Gasteiger partial charge on any atom is 0.312 e. The first kappa shape index (κ1) is 38.7. The van der Waals surface area contributed by atoms with Gasteiger partial charge in [0.15, 0.2) is 0 Å². The molecule has 260 valence electrons. The van der Waals surface area contributed by atoms with Crippen molar-refractivity contribution in [3.8, 4) is 0 Å². The molecule has 6 nitrogen and oxygen atoms in total. The number of amides is 1. The molecule has 1 heterocycles. The number of para-hydroxylation sites is 1. The number of unbranched alkanes of at least 4 members (excludes halogenated alkanes) is 3. The number of nitrogens with zero attached hydrogens (tertiary/aromatic N) is 2. The number of hydrazine groups is 1. The summed E-state index contributed by atoms with van der Waals surface area (Å²) >= 11 is 0. The van der Waals surface area contributed by atoms with Gasteiger partial charge >= 0.3 is 5.97 Å². The van der Waals surface area contributed by atoms with Crippen LogP contribution in [0.15, 0.2) is 97.6 Å². The van der Waals surface area contributed by atoms with Gasteiger partial charge in [-0.2, -0.15) is 0 Å². The molecule has 0 spiro atoms. The molecule has 2 N–H and O–H groups in total. The van der Waals surface area contributed by atoms with E-state index in [1.165, 1.54) is 41.8 Å². The van der Waals surface area contributed by atoms with E-state index in [-0.39, 0.29) is 29.3 Å². The van der Waals surface area contributed by atoms with Gasteiger partial charge in [-0.15, -0.1) is 6.58 Å². The van der Waals surface area contributed by atoms with E-state index < -0.39 is 0 Å². The van der Waals surface area contributed by atoms with Gasteiger partial charge in [-0.1, -0.05) is 119 Å². The van der Waals surface area contributed by atoms with Crippen LogP contribution in [0, 0.1) is 11.3 Å². The average Bonchev–Trinajstić information content (AvgIpc) is 3.58. The fourth-order valence-corrected chi connectivity index (χ4v) is 6.66. The minimum atomic E-state index is -0.185. The molecule has 2 unspecified atom stereocenters. The van der Waals surface area contributed by atoms with Crippen LogP contribution in [0.2, 0.25) is 0 Å². The van der Waals surface area contributed by atoms with Gasteiger partial charge in [-0.25, -0.2) is 10.9 Å². The van der Waals surface area contributed by atoms with Crippen molar-refractivity contribution in [1.29, 1.82) is 0 Å². The second-order valence-corrected chi connectivity index (χ2v) is 13.0. The zero-order valence-corrected chi connectivity index (χ0v) is 30.1. The third-order valence-electron chi connectivity index (χ3n) is 9.69. The SMILES string of the molecule is C=CCCCCCC1C[C@@]1(C)C(=O)OCC.CC.CC(c1ccccc1)c1ccccc1N(N)C(=O)[C@H]1CCCN1Cc1ccccc1. The standard InChI is InChI=1S/C26H29N3O.C14H24O2.C2H6/c1-20(22-13-6-3-7-14-22)23-15-8-9-16-24(23)29(27)26(30)25-17-10-18-28(25)19-21-11-4-2-5-12-21;1-4-6-7-8-9-10-12-11-14(12,3)13(15)16-5-2;1-2/h2-9,11-16,20,25H,10,17-19,27H2,1H3;4,12H,1,5-11H2,2-3H3;1-2H3/t20?,25-;12?,14-;/m11./s1. The Morgan fingerprint density at radius 1 is 1.00 bits per heavy atom. The van der Waals surface area contributed by atoms with Gasteiger partial charge in [0, 0.05) is 12.5 Å². The fourth-order valence-electron chi connectivity index (χ4n) is 6.66. The van der Waals surface area contributed by atoms with E-state index in [0.29, 0.717) is 12.5 Å². The Morgan fingerprint density at radius 3 is 2.31 bits per heavy atom. The summed E-state index contributed by atoms with van der Waals surface area (Å²) in [6, 6.07) is 28.4. The number of nitrogens with two attached hydrogens (primary N) is 1. The first-order chi connectivity index (χ1) is 23.3. The van der Waals surface area contributed by atoms with Crippen LogP contribution in [-0.4, -0.2) is 36.0 Å². The molecule has 2 aliphatic rings. The van der Waals surface area contributed by atoms with Crippen LogP contribution in [0.1, 0.15) is 109 Å². The number of ether oxygens (including phenoxy) is 1. The van der Waals surface area contributed by atoms with Gasteiger partial charge < -0.3 is 4.74 Å². The average molecular weight is 654 g/mol. The van der Waals surface area contributed by atoms with Gasteiger partial charge in [0.05, 0.1) is 23.8 Å². The van der Waals surface area contributed by atoms with Crippen molar-refractivity contribution in [3.05, 3.63) is 114 Å². The minimum absolute atomic E-state index is 0.00564. The highest BCUT2D eigenvalue weighted by atomic mass is 16.5. The summed E-state index contributed by atoms with van der Waals surface area (Å²) in [4.78, 5) is 27.3. The fraction of sp³-hybridized carbons (Fsp3) is 0.476. The highest BCUT2D eigenvalue weighted by molar-refractivity contribution is 5.97. The third kappa shape index (κ3) is 10.6. The molecule has 1 aliphatic carbocycles. The highest BCUT2D eigenvalue weighted by Crippen LogP contribution is 2.55. The Kier molecular flexibility index (Phi) is 16.1. The largest absolute Gasteiger partial charge is 0.466 e. The molecule has 0 aromatic heterocycles. The Hall–Kier alpha value is -3.74. The minimum Gasteiger partial charge on any atom is -0.466 e. The van der Waals surface area contributed by atoms with Crippen molar-refractivity contribution in [2.24, 2.45) is 17.2 Å². The number of esters is 1. The zero-order chi connectivity index (χ0) is 34.9. The van der Waals surface area contributed by atoms with E-state index in [0.717, 1.165) is 50.0 Å². The number of benzene rings is 3. The lowest BCUT2D eigenvalue weighted by molar-refractivity contribution is -0.149. The number of hydrogen-bond donors (Lipinski definition) is 1. The highest BCUT2D eigenvalue weighted by Gasteiger charge is 2.56. The monoisotopic (exact) mass is 653 g/mol. The molecule has 4 atom stereocenters. The second-order valence-electron chi connectivity index (χ2n) is 13.0. The third-order valence-corrected chi connectivity index (χ3v) is 9.69. The van der Waals surface area contributed by atoms with Crippen molar-refractivity contribution in [2.75, 3.05) is 18.2 Å². The Balaban J connectivity index is 0.000000294. The molecule has 3 aromatic carbocycles. The van der Waals surface area contributed by atoms with Crippen LogP contribution < -0.4 is 10.9 Å². The van der Waals surface area contributed by atoms with Crippen molar-refractivity contribution in [2.45, 2.75) is 104 Å². The predicted molar refractivity (Wildman–Crippen MR) is 199 cm³/mol. The lowest BCUT2D eigenvalue weighted by Crippen LogP contribution is -2.49. The van der Waals surface area contributed by atoms with E-state index in [4.69, 9.17) is 10.6 Å². The molecule has 2 fully saturated rings. The van der Waals surface area contributed by atoms with E-state index >= 15 is 0 Å². The van der Waals surface area contributed by atoms with Crippen LogP contribution >= 0.6 is 0 Å². The molecule has 6 heteroatoms. The van der Waals surface area contributed by atoms with E-state index in [1.54, 1.807) is 0 Å². The Morgan fingerprint density at radius 2 is 1.65 bits per heavy atom. The molecule has 0 bridgehead atoms. The van der Waals surface area contributed by atoms with Gasteiger partial charge in [-0.3, -0.25) is 14.5 Å². The number of hydrogen-bond acceptors (Lipinski definition) is 5. The molecule has 1 amide bonds. The summed E-state index contributed by atoms with van der Waals surface area (Å²) in [6.07, 6.45) is 10.8. The van der Waals surface area contributed by atoms with Crippen molar-refractivity contribution in [1.82, 2.24) is 4.90 Å². The van der Waals surface area contributed by atoms with E-state index in [2.05, 4.69) is 48.7 Å². The van der Waals surface area contributed by atoms with Gasteiger partial charge in [0.25, 0.3) is 5.91 Å². The molecular weight excluding hydrogens is 594 g/mol. The summed E-state index contributed by atoms with van der Waals surface area (Å²) in [5.41, 5.74) is 4.11. The van der Waals surface area contributed by atoms with Crippen LogP contribution in [0.3, 0.4) is 0 Å². The number of allylic oxidation sites excluding steroid dienone is 1. The molecule has 1 aliphatic heterocycles. The van der Waals surface area contributed by atoms with Crippen molar-refractivity contribution < 1.29 is 14.3 Å². The van der Waals surface area contributed by atoms with Gasteiger partial charge in [-0.05, 0) is 87.6 Å². The first-order valence-corrected chi connectivity index (χ1v) is 18.1. The zero-order valence-electron chi connectivity index (χ0n) is 30.1. The number of rotatable bonds is 14. The number of likely N-dealkylation sites (tertiary alicyclic amines) is 1. The first-order valence-electron chi connectivity index (χ1n) is 18.1. The Labute approximate surface area is 290 Å². The Bertz CT molecular complexity index is 1400. The van der Waals surface area contributed by atoms with E-state index in [9.17, 15) is 9.59 Å². The lowest BCUT2D eigenvalue weighted by atomic mass is 9.91. The van der Waals surface area contributed by atoms with Crippen molar-refractivity contribution in [3.63, 3.8) is 0 Å². The van der Waals surface area contributed by atoms with Crippen LogP contribution in [0.4, 0.5) is 5.69 Å². The van der Waals surface area contributed by atoms with E-state index in [1.807, 2.05) is 88.4 Å². The molecule has 5 rings (SSSR count). The predicted octanol–water partition coefficient (Wildman–Crippen LogP) is 9.45. The molecule has 1 saturated carbocycles. The second kappa shape index (κ2) is 19.9. The van der Waals surface area contributed by atoms with Crippen LogP contribution in [0.5, 0.6) is 0 Å². The topological polar surface area (TPSA) is 75.9 Å². The van der Waals surface area contributed by atoms with Crippen LogP contribution in [0.25, 0.3) is 0 Å². The maximum absolute atomic E-state index is 13.4. The summed E-state index contributed by atoms with van der Waals surface area (Å²) in [5.74, 6) is 7.13.